The highest BCUT2D eigenvalue weighted by Gasteiger charge is 2.05. The Bertz CT molecular complexity index is 318. The van der Waals surface area contributed by atoms with Gasteiger partial charge >= 0.3 is 0 Å². The quantitative estimate of drug-likeness (QED) is 0.689. The summed E-state index contributed by atoms with van der Waals surface area (Å²) in [4.78, 5) is 0. The molecule has 102 valence electrons. The SMILES string of the molecule is CCSCCCNC(C)c1ccc(C(C)C)cc1. The molecule has 1 nitrogen and oxygen atoms in total. The van der Waals surface area contributed by atoms with Gasteiger partial charge in [-0.1, -0.05) is 45.0 Å². The van der Waals surface area contributed by atoms with E-state index < -0.39 is 0 Å². The summed E-state index contributed by atoms with van der Waals surface area (Å²) in [6.45, 7) is 10.1. The minimum absolute atomic E-state index is 0.456. The van der Waals surface area contributed by atoms with E-state index >= 15 is 0 Å². The van der Waals surface area contributed by atoms with Gasteiger partial charge in [0.2, 0.25) is 0 Å². The Morgan fingerprint density at radius 2 is 1.67 bits per heavy atom. The number of hydrogen-bond donors (Lipinski definition) is 1. The lowest BCUT2D eigenvalue weighted by molar-refractivity contribution is 0.572. The van der Waals surface area contributed by atoms with Crippen LogP contribution < -0.4 is 5.32 Å². The summed E-state index contributed by atoms with van der Waals surface area (Å²) in [6, 6.07) is 9.48. The molecule has 0 fully saturated rings. The maximum atomic E-state index is 3.59. The molecular formula is C16H27NS. The lowest BCUT2D eigenvalue weighted by Crippen LogP contribution is -2.20. The first-order valence-electron chi connectivity index (χ1n) is 7.06. The number of nitrogens with one attached hydrogen (secondary N) is 1. The summed E-state index contributed by atoms with van der Waals surface area (Å²) >= 11 is 2.02. The fraction of sp³-hybridized carbons (Fsp3) is 0.625. The Morgan fingerprint density at radius 1 is 1.06 bits per heavy atom. The maximum Gasteiger partial charge on any atom is 0.0291 e. The lowest BCUT2D eigenvalue weighted by Gasteiger charge is -2.15. The number of benzene rings is 1. The van der Waals surface area contributed by atoms with Crippen LogP contribution in [-0.4, -0.2) is 18.1 Å². The van der Waals surface area contributed by atoms with Gasteiger partial charge in [-0.2, -0.15) is 11.8 Å². The second-order valence-electron chi connectivity index (χ2n) is 5.05. The lowest BCUT2D eigenvalue weighted by atomic mass is 9.99. The van der Waals surface area contributed by atoms with Crippen LogP contribution in [0.3, 0.4) is 0 Å². The Balaban J connectivity index is 2.34. The third kappa shape index (κ3) is 5.45. The Hall–Kier alpha value is -0.470. The van der Waals surface area contributed by atoms with E-state index in [1.165, 1.54) is 29.1 Å². The summed E-state index contributed by atoms with van der Waals surface area (Å²) in [5.41, 5.74) is 2.81. The average Bonchev–Trinajstić information content (AvgIpc) is 2.38. The van der Waals surface area contributed by atoms with Gasteiger partial charge in [-0.3, -0.25) is 0 Å². The highest BCUT2D eigenvalue weighted by atomic mass is 32.2. The van der Waals surface area contributed by atoms with Gasteiger partial charge in [-0.25, -0.2) is 0 Å². The maximum absolute atomic E-state index is 3.59. The van der Waals surface area contributed by atoms with Gasteiger partial charge in [0.15, 0.2) is 0 Å². The van der Waals surface area contributed by atoms with Crippen molar-refractivity contribution in [1.29, 1.82) is 0 Å². The third-order valence-corrected chi connectivity index (χ3v) is 4.21. The van der Waals surface area contributed by atoms with Crippen molar-refractivity contribution in [3.05, 3.63) is 35.4 Å². The topological polar surface area (TPSA) is 12.0 Å². The van der Waals surface area contributed by atoms with Crippen LogP contribution >= 0.6 is 11.8 Å². The highest BCUT2D eigenvalue weighted by Crippen LogP contribution is 2.18. The van der Waals surface area contributed by atoms with Crippen LogP contribution in [0.2, 0.25) is 0 Å². The van der Waals surface area contributed by atoms with E-state index in [0.29, 0.717) is 12.0 Å². The van der Waals surface area contributed by atoms with Crippen molar-refractivity contribution in [2.75, 3.05) is 18.1 Å². The molecule has 0 aliphatic carbocycles. The van der Waals surface area contributed by atoms with Crippen LogP contribution in [0.5, 0.6) is 0 Å². The van der Waals surface area contributed by atoms with Crippen LogP contribution in [0, 0.1) is 0 Å². The number of hydrogen-bond acceptors (Lipinski definition) is 2. The fourth-order valence-electron chi connectivity index (χ4n) is 1.92. The highest BCUT2D eigenvalue weighted by molar-refractivity contribution is 7.99. The molecular weight excluding hydrogens is 238 g/mol. The Labute approximate surface area is 117 Å². The van der Waals surface area contributed by atoms with E-state index in [1.54, 1.807) is 0 Å². The molecule has 0 aliphatic rings. The van der Waals surface area contributed by atoms with E-state index in [0.717, 1.165) is 6.54 Å². The molecule has 1 aromatic carbocycles. The molecule has 2 heteroatoms. The first-order valence-corrected chi connectivity index (χ1v) is 8.21. The predicted octanol–water partition coefficient (Wildman–Crippen LogP) is 4.60. The van der Waals surface area contributed by atoms with Gasteiger partial charge in [0, 0.05) is 6.04 Å². The van der Waals surface area contributed by atoms with E-state index in [4.69, 9.17) is 0 Å². The summed E-state index contributed by atoms with van der Waals surface area (Å²) in [5.74, 6) is 3.11. The molecule has 1 unspecified atom stereocenters. The largest absolute Gasteiger partial charge is 0.310 e. The zero-order valence-electron chi connectivity index (χ0n) is 12.2. The van der Waals surface area contributed by atoms with Gasteiger partial charge < -0.3 is 5.32 Å². The van der Waals surface area contributed by atoms with Crippen molar-refractivity contribution in [2.45, 2.75) is 46.1 Å². The monoisotopic (exact) mass is 265 g/mol. The van der Waals surface area contributed by atoms with Crippen molar-refractivity contribution in [3.63, 3.8) is 0 Å². The van der Waals surface area contributed by atoms with E-state index in [9.17, 15) is 0 Å². The molecule has 18 heavy (non-hydrogen) atoms. The first kappa shape index (κ1) is 15.6. The second-order valence-corrected chi connectivity index (χ2v) is 6.44. The molecule has 0 radical (unpaired) electrons. The number of thioether (sulfide) groups is 1. The molecule has 0 bridgehead atoms. The molecule has 1 rings (SSSR count). The van der Waals surface area contributed by atoms with E-state index in [1.807, 2.05) is 11.8 Å². The molecule has 0 saturated carbocycles. The molecule has 0 amide bonds. The molecule has 0 aromatic heterocycles. The standard InChI is InChI=1S/C16H27NS/c1-5-18-12-6-11-17-14(4)16-9-7-15(8-10-16)13(2)3/h7-10,13-14,17H,5-6,11-12H2,1-4H3. The zero-order valence-corrected chi connectivity index (χ0v) is 13.0. The summed E-state index contributed by atoms with van der Waals surface area (Å²) in [5, 5.41) is 3.59. The fourth-order valence-corrected chi connectivity index (χ4v) is 2.56. The van der Waals surface area contributed by atoms with E-state index in [-0.39, 0.29) is 0 Å². The van der Waals surface area contributed by atoms with E-state index in [2.05, 4.69) is 57.3 Å². The third-order valence-electron chi connectivity index (χ3n) is 3.22. The van der Waals surface area contributed by atoms with Gasteiger partial charge in [0.05, 0.1) is 0 Å². The van der Waals surface area contributed by atoms with Crippen LogP contribution in [0.4, 0.5) is 0 Å². The van der Waals surface area contributed by atoms with Crippen molar-refractivity contribution in [2.24, 2.45) is 0 Å². The summed E-state index contributed by atoms with van der Waals surface area (Å²) in [7, 11) is 0. The van der Waals surface area contributed by atoms with Crippen molar-refractivity contribution < 1.29 is 0 Å². The summed E-state index contributed by atoms with van der Waals surface area (Å²) in [6.07, 6.45) is 1.26. The molecule has 0 heterocycles. The first-order chi connectivity index (χ1) is 8.65. The molecule has 1 aromatic rings. The predicted molar refractivity (Wildman–Crippen MR) is 84.6 cm³/mol. The zero-order chi connectivity index (χ0) is 13.4. The second kappa shape index (κ2) is 8.60. The average molecular weight is 265 g/mol. The molecule has 0 saturated heterocycles. The molecule has 1 N–H and O–H groups in total. The van der Waals surface area contributed by atoms with Gasteiger partial charge in [0.25, 0.3) is 0 Å². The van der Waals surface area contributed by atoms with Crippen LogP contribution in [0.1, 0.15) is 57.2 Å². The normalized spacial score (nSPS) is 12.9. The van der Waals surface area contributed by atoms with Gasteiger partial charge in [-0.05, 0) is 48.4 Å². The molecule has 0 spiro atoms. The Kier molecular flexibility index (Phi) is 7.45. The molecule has 1 atom stereocenters. The van der Waals surface area contributed by atoms with Crippen molar-refractivity contribution in [3.8, 4) is 0 Å². The van der Waals surface area contributed by atoms with Gasteiger partial charge in [-0.15, -0.1) is 0 Å². The minimum Gasteiger partial charge on any atom is -0.310 e. The van der Waals surface area contributed by atoms with Gasteiger partial charge in [0.1, 0.15) is 0 Å². The summed E-state index contributed by atoms with van der Waals surface area (Å²) < 4.78 is 0. The van der Waals surface area contributed by atoms with Crippen LogP contribution in [0.15, 0.2) is 24.3 Å². The van der Waals surface area contributed by atoms with Crippen LogP contribution in [0.25, 0.3) is 0 Å². The Morgan fingerprint density at radius 3 is 2.22 bits per heavy atom. The molecule has 0 aliphatic heterocycles. The minimum atomic E-state index is 0.456. The van der Waals surface area contributed by atoms with Crippen molar-refractivity contribution in [1.82, 2.24) is 5.32 Å². The number of rotatable bonds is 8. The van der Waals surface area contributed by atoms with Crippen molar-refractivity contribution >= 4 is 11.8 Å². The van der Waals surface area contributed by atoms with Crippen LogP contribution in [-0.2, 0) is 0 Å². The smallest absolute Gasteiger partial charge is 0.0291 e.